The molecule has 0 spiro atoms. The molecule has 4 nitrogen and oxygen atoms in total. The number of hydrogen-bond donors (Lipinski definition) is 2. The van der Waals surface area contributed by atoms with E-state index >= 15 is 0 Å². The predicted molar refractivity (Wildman–Crippen MR) is 46.0 cm³/mol. The lowest BCUT2D eigenvalue weighted by molar-refractivity contribution is -0.119. The molecule has 0 aliphatic heterocycles. The molecule has 0 aromatic carbocycles. The number of primary amides is 1. The highest BCUT2D eigenvalue weighted by atomic mass is 16.2. The van der Waals surface area contributed by atoms with Crippen LogP contribution in [0.2, 0.25) is 0 Å². The van der Waals surface area contributed by atoms with Crippen molar-refractivity contribution in [3.63, 3.8) is 0 Å². The van der Waals surface area contributed by atoms with E-state index in [2.05, 4.69) is 5.32 Å². The van der Waals surface area contributed by atoms with Gasteiger partial charge in [0.15, 0.2) is 0 Å². The predicted octanol–water partition coefficient (Wildman–Crippen LogP) is -0.162. The Morgan fingerprint density at radius 1 is 1.58 bits per heavy atom. The van der Waals surface area contributed by atoms with Crippen LogP contribution in [-0.2, 0) is 9.59 Å². The van der Waals surface area contributed by atoms with Gasteiger partial charge in [-0.05, 0) is 12.8 Å². The summed E-state index contributed by atoms with van der Waals surface area (Å²) in [6, 6.07) is 0. The Balaban J connectivity index is 3.61. The lowest BCUT2D eigenvalue weighted by atomic mass is 10.0. The van der Waals surface area contributed by atoms with Crippen molar-refractivity contribution in [1.29, 1.82) is 0 Å². The molecule has 0 aromatic rings. The highest BCUT2D eigenvalue weighted by Crippen LogP contribution is 2.04. The third kappa shape index (κ3) is 5.70. The fourth-order valence-corrected chi connectivity index (χ4v) is 0.868. The number of nitrogens with one attached hydrogen (secondary N) is 1. The SMILES string of the molecule is CCNC(=O)[CH][C@H](C)CC(N)=O. The largest absolute Gasteiger partial charge is 0.370 e. The summed E-state index contributed by atoms with van der Waals surface area (Å²) >= 11 is 0. The Labute approximate surface area is 72.5 Å². The first-order chi connectivity index (χ1) is 5.56. The molecule has 0 aliphatic rings. The summed E-state index contributed by atoms with van der Waals surface area (Å²) in [5.41, 5.74) is 4.95. The van der Waals surface area contributed by atoms with Crippen LogP contribution in [0, 0.1) is 12.3 Å². The van der Waals surface area contributed by atoms with Crippen molar-refractivity contribution in [2.45, 2.75) is 20.3 Å². The van der Waals surface area contributed by atoms with Gasteiger partial charge >= 0.3 is 0 Å². The van der Waals surface area contributed by atoms with Crippen LogP contribution in [-0.4, -0.2) is 18.4 Å². The van der Waals surface area contributed by atoms with Gasteiger partial charge in [0.05, 0.1) is 6.42 Å². The van der Waals surface area contributed by atoms with E-state index in [0.29, 0.717) is 6.54 Å². The molecule has 0 heterocycles. The van der Waals surface area contributed by atoms with Crippen LogP contribution in [0.4, 0.5) is 0 Å². The summed E-state index contributed by atoms with van der Waals surface area (Å²) in [6.07, 6.45) is 1.69. The molecule has 0 aliphatic carbocycles. The second kappa shape index (κ2) is 5.57. The van der Waals surface area contributed by atoms with Crippen molar-refractivity contribution in [3.8, 4) is 0 Å². The zero-order valence-corrected chi connectivity index (χ0v) is 7.46. The zero-order valence-electron chi connectivity index (χ0n) is 7.46. The van der Waals surface area contributed by atoms with Gasteiger partial charge in [-0.25, -0.2) is 0 Å². The van der Waals surface area contributed by atoms with Crippen LogP contribution >= 0.6 is 0 Å². The second-order valence-corrected chi connectivity index (χ2v) is 2.71. The molecule has 0 unspecified atom stereocenters. The normalized spacial score (nSPS) is 12.2. The molecule has 0 aromatic heterocycles. The molecule has 0 rings (SSSR count). The highest BCUT2D eigenvalue weighted by Gasteiger charge is 2.10. The maximum absolute atomic E-state index is 10.9. The smallest absolute Gasteiger partial charge is 0.224 e. The molecule has 0 saturated heterocycles. The van der Waals surface area contributed by atoms with Gasteiger partial charge in [0.2, 0.25) is 11.8 Å². The van der Waals surface area contributed by atoms with Crippen LogP contribution in [0.3, 0.4) is 0 Å². The number of nitrogens with two attached hydrogens (primary N) is 1. The average Bonchev–Trinajstić information content (AvgIpc) is 1.84. The molecular formula is C8H15N2O2. The van der Waals surface area contributed by atoms with Crippen LogP contribution in [0.1, 0.15) is 20.3 Å². The molecule has 69 valence electrons. The first-order valence-corrected chi connectivity index (χ1v) is 3.97. The number of hydrogen-bond acceptors (Lipinski definition) is 2. The zero-order chi connectivity index (χ0) is 9.56. The van der Waals surface area contributed by atoms with E-state index in [-0.39, 0.29) is 24.2 Å². The third-order valence-corrected chi connectivity index (χ3v) is 1.31. The molecule has 4 heteroatoms. The summed E-state index contributed by atoms with van der Waals surface area (Å²) in [5, 5.41) is 2.60. The summed E-state index contributed by atoms with van der Waals surface area (Å²) in [4.78, 5) is 21.3. The first kappa shape index (κ1) is 10.9. The molecule has 1 radical (unpaired) electrons. The van der Waals surface area contributed by atoms with Gasteiger partial charge in [-0.15, -0.1) is 0 Å². The minimum Gasteiger partial charge on any atom is -0.370 e. The highest BCUT2D eigenvalue weighted by molar-refractivity contribution is 5.86. The molecule has 0 fully saturated rings. The van der Waals surface area contributed by atoms with Gasteiger partial charge in [-0.1, -0.05) is 6.92 Å². The molecule has 3 N–H and O–H groups in total. The van der Waals surface area contributed by atoms with Crippen LogP contribution in [0.15, 0.2) is 0 Å². The topological polar surface area (TPSA) is 72.2 Å². The number of amides is 2. The summed E-state index contributed by atoms with van der Waals surface area (Å²) in [6.45, 7) is 4.21. The fraction of sp³-hybridized carbons (Fsp3) is 0.625. The first-order valence-electron chi connectivity index (χ1n) is 3.97. The van der Waals surface area contributed by atoms with E-state index in [0.717, 1.165) is 0 Å². The lowest BCUT2D eigenvalue weighted by Gasteiger charge is -2.07. The van der Waals surface area contributed by atoms with Gasteiger partial charge in [-0.2, -0.15) is 0 Å². The van der Waals surface area contributed by atoms with Crippen molar-refractivity contribution in [2.75, 3.05) is 6.54 Å². The Bertz CT molecular complexity index is 168. The lowest BCUT2D eigenvalue weighted by Crippen LogP contribution is -2.26. The van der Waals surface area contributed by atoms with E-state index in [4.69, 9.17) is 5.73 Å². The van der Waals surface area contributed by atoms with Crippen molar-refractivity contribution >= 4 is 11.8 Å². The summed E-state index contributed by atoms with van der Waals surface area (Å²) < 4.78 is 0. The Morgan fingerprint density at radius 3 is 2.58 bits per heavy atom. The number of carbonyl (C=O) groups is 2. The van der Waals surface area contributed by atoms with Crippen LogP contribution in [0.5, 0.6) is 0 Å². The summed E-state index contributed by atoms with van der Waals surface area (Å²) in [7, 11) is 0. The molecular weight excluding hydrogens is 156 g/mol. The Kier molecular flexibility index (Phi) is 5.08. The molecule has 12 heavy (non-hydrogen) atoms. The van der Waals surface area contributed by atoms with Gasteiger partial charge in [0.25, 0.3) is 0 Å². The number of rotatable bonds is 5. The van der Waals surface area contributed by atoms with Crippen LogP contribution in [0.25, 0.3) is 0 Å². The van der Waals surface area contributed by atoms with E-state index in [1.54, 1.807) is 6.92 Å². The fourth-order valence-electron chi connectivity index (χ4n) is 0.868. The van der Waals surface area contributed by atoms with Crippen LogP contribution < -0.4 is 11.1 Å². The van der Waals surface area contributed by atoms with E-state index in [1.165, 1.54) is 6.42 Å². The minimum atomic E-state index is -0.386. The number of carbonyl (C=O) groups excluding carboxylic acids is 2. The standard InChI is InChI=1S/C8H15N2O2/c1-3-10-8(12)5-6(2)4-7(9)11/h5-6H,3-4H2,1-2H3,(H2,9,11)(H,10,12)/t6-/m1/s1. The molecule has 1 atom stereocenters. The maximum atomic E-state index is 10.9. The summed E-state index contributed by atoms with van der Waals surface area (Å²) in [5.74, 6) is -0.622. The van der Waals surface area contributed by atoms with E-state index in [9.17, 15) is 9.59 Å². The minimum absolute atomic E-state index is 0.0888. The van der Waals surface area contributed by atoms with Gasteiger partial charge in [-0.3, -0.25) is 9.59 Å². The average molecular weight is 171 g/mol. The van der Waals surface area contributed by atoms with Crippen molar-refractivity contribution in [3.05, 3.63) is 6.42 Å². The van der Waals surface area contributed by atoms with Gasteiger partial charge in [0, 0.05) is 13.0 Å². The Morgan fingerprint density at radius 2 is 2.17 bits per heavy atom. The molecule has 2 amide bonds. The van der Waals surface area contributed by atoms with E-state index in [1.807, 2.05) is 6.92 Å². The Hall–Kier alpha value is -1.06. The second-order valence-electron chi connectivity index (χ2n) is 2.71. The van der Waals surface area contributed by atoms with E-state index < -0.39 is 0 Å². The van der Waals surface area contributed by atoms with Gasteiger partial charge < -0.3 is 11.1 Å². The molecule has 0 bridgehead atoms. The quantitative estimate of drug-likeness (QED) is 0.603. The van der Waals surface area contributed by atoms with Crippen molar-refractivity contribution < 1.29 is 9.59 Å². The van der Waals surface area contributed by atoms with Crippen molar-refractivity contribution in [2.24, 2.45) is 11.7 Å². The monoisotopic (exact) mass is 171 g/mol. The third-order valence-electron chi connectivity index (χ3n) is 1.31. The molecule has 0 saturated carbocycles. The van der Waals surface area contributed by atoms with Crippen molar-refractivity contribution in [1.82, 2.24) is 5.32 Å². The van der Waals surface area contributed by atoms with Gasteiger partial charge in [0.1, 0.15) is 0 Å². The maximum Gasteiger partial charge on any atom is 0.224 e.